The summed E-state index contributed by atoms with van der Waals surface area (Å²) in [4.78, 5) is 11.7. The van der Waals surface area contributed by atoms with Crippen LogP contribution in [-0.2, 0) is 14.4 Å². The Labute approximate surface area is 95.2 Å². The molecule has 0 amide bonds. The van der Waals surface area contributed by atoms with Gasteiger partial charge in [-0.05, 0) is 17.0 Å². The van der Waals surface area contributed by atoms with Crippen molar-refractivity contribution in [1.29, 1.82) is 0 Å². The van der Waals surface area contributed by atoms with Gasteiger partial charge >= 0.3 is 5.97 Å². The number of benzene rings is 1. The first-order valence-corrected chi connectivity index (χ1v) is 5.60. The highest BCUT2D eigenvalue weighted by molar-refractivity contribution is 7.95. The Morgan fingerprint density at radius 1 is 1.27 bits per heavy atom. The maximum absolute atomic E-state index is 10.7. The van der Waals surface area contributed by atoms with Crippen LogP contribution in [0.5, 0.6) is 0 Å². The predicted octanol–water partition coefficient (Wildman–Crippen LogP) is 3.55. The lowest BCUT2D eigenvalue weighted by Crippen LogP contribution is -2.12. The van der Waals surface area contributed by atoms with Gasteiger partial charge in [-0.3, -0.25) is 4.79 Å². The van der Waals surface area contributed by atoms with Crippen LogP contribution in [0.1, 0.15) is 33.3 Å². The molecule has 0 radical (unpaired) electrons. The maximum Gasteiger partial charge on any atom is 0.315 e. The molecule has 0 bridgehead atoms. The van der Waals surface area contributed by atoms with Gasteiger partial charge in [0.2, 0.25) is 0 Å². The minimum absolute atomic E-state index is 0.0593. The Balaban J connectivity index is 2.92. The Morgan fingerprint density at radius 3 is 2.40 bits per heavy atom. The van der Waals surface area contributed by atoms with Crippen molar-refractivity contribution in [3.05, 3.63) is 29.8 Å². The lowest BCUT2D eigenvalue weighted by molar-refractivity contribution is -0.130. The minimum atomic E-state index is -0.274. The van der Waals surface area contributed by atoms with Crippen molar-refractivity contribution in [2.24, 2.45) is 0 Å². The van der Waals surface area contributed by atoms with Crippen LogP contribution in [0.3, 0.4) is 0 Å². The molecule has 0 aromatic heterocycles. The number of rotatable bonds is 2. The van der Waals surface area contributed by atoms with Gasteiger partial charge in [-0.15, -0.1) is 0 Å². The normalized spacial score (nSPS) is 11.2. The van der Waals surface area contributed by atoms with E-state index in [1.165, 1.54) is 12.5 Å². The molecule has 1 rings (SSSR count). The summed E-state index contributed by atoms with van der Waals surface area (Å²) in [7, 11) is 0. The SMILES string of the molecule is CC(=O)OSc1ccccc1C(C)(C)C. The van der Waals surface area contributed by atoms with Crippen molar-refractivity contribution in [3.8, 4) is 0 Å². The highest BCUT2D eigenvalue weighted by Gasteiger charge is 2.18. The summed E-state index contributed by atoms with van der Waals surface area (Å²) >= 11 is 1.13. The lowest BCUT2D eigenvalue weighted by Gasteiger charge is -2.21. The Kier molecular flexibility index (Phi) is 3.80. The van der Waals surface area contributed by atoms with Crippen LogP contribution >= 0.6 is 12.0 Å². The number of carbonyl (C=O) groups is 1. The summed E-state index contributed by atoms with van der Waals surface area (Å²) in [6.45, 7) is 7.83. The van der Waals surface area contributed by atoms with Gasteiger partial charge in [0.25, 0.3) is 0 Å². The van der Waals surface area contributed by atoms with Crippen LogP contribution in [0.25, 0.3) is 0 Å². The molecule has 1 aromatic carbocycles. The molecule has 0 fully saturated rings. The minimum Gasteiger partial charge on any atom is -0.386 e. The third-order valence-electron chi connectivity index (χ3n) is 1.94. The van der Waals surface area contributed by atoms with Crippen molar-refractivity contribution in [1.82, 2.24) is 0 Å². The average molecular weight is 224 g/mol. The Hall–Kier alpha value is -0.960. The van der Waals surface area contributed by atoms with E-state index in [0.717, 1.165) is 16.9 Å². The van der Waals surface area contributed by atoms with Crippen molar-refractivity contribution >= 4 is 18.0 Å². The van der Waals surface area contributed by atoms with Crippen LogP contribution in [0, 0.1) is 0 Å². The van der Waals surface area contributed by atoms with Gasteiger partial charge in [-0.1, -0.05) is 39.0 Å². The number of carbonyl (C=O) groups excluding carboxylic acids is 1. The second-order valence-electron chi connectivity index (χ2n) is 4.40. The van der Waals surface area contributed by atoms with Gasteiger partial charge in [-0.25, -0.2) is 0 Å². The monoisotopic (exact) mass is 224 g/mol. The van der Waals surface area contributed by atoms with Crippen molar-refractivity contribution in [2.45, 2.75) is 38.0 Å². The van der Waals surface area contributed by atoms with E-state index in [9.17, 15) is 4.79 Å². The summed E-state index contributed by atoms with van der Waals surface area (Å²) < 4.78 is 4.94. The molecule has 0 aliphatic rings. The van der Waals surface area contributed by atoms with E-state index in [-0.39, 0.29) is 11.4 Å². The molecule has 0 N–H and O–H groups in total. The molecule has 82 valence electrons. The van der Waals surface area contributed by atoms with Gasteiger partial charge in [0.1, 0.15) is 0 Å². The van der Waals surface area contributed by atoms with E-state index in [1.807, 2.05) is 18.2 Å². The van der Waals surface area contributed by atoms with Crippen LogP contribution in [0.15, 0.2) is 29.2 Å². The Bertz CT molecular complexity index is 353. The fraction of sp³-hybridized carbons (Fsp3) is 0.417. The summed E-state index contributed by atoms with van der Waals surface area (Å²) in [6, 6.07) is 7.97. The number of hydrogen-bond acceptors (Lipinski definition) is 3. The molecular formula is C12H16O2S. The molecule has 0 saturated carbocycles. The summed E-state index contributed by atoms with van der Waals surface area (Å²) in [5.41, 5.74) is 1.25. The van der Waals surface area contributed by atoms with Gasteiger partial charge in [-0.2, -0.15) is 0 Å². The lowest BCUT2D eigenvalue weighted by atomic mass is 9.87. The van der Waals surface area contributed by atoms with E-state index in [1.54, 1.807) is 0 Å². The second kappa shape index (κ2) is 4.71. The molecule has 0 aliphatic heterocycles. The average Bonchev–Trinajstić information content (AvgIpc) is 2.13. The van der Waals surface area contributed by atoms with Gasteiger partial charge in [0.05, 0.1) is 16.9 Å². The van der Waals surface area contributed by atoms with E-state index in [4.69, 9.17) is 4.18 Å². The first-order valence-electron chi connectivity index (χ1n) is 4.86. The molecule has 0 heterocycles. The van der Waals surface area contributed by atoms with E-state index in [0.29, 0.717) is 0 Å². The first-order chi connectivity index (χ1) is 6.91. The molecule has 0 spiro atoms. The van der Waals surface area contributed by atoms with Crippen molar-refractivity contribution in [3.63, 3.8) is 0 Å². The van der Waals surface area contributed by atoms with E-state index in [2.05, 4.69) is 26.8 Å². The third-order valence-corrected chi connectivity index (χ3v) is 2.80. The van der Waals surface area contributed by atoms with Gasteiger partial charge < -0.3 is 4.18 Å². The van der Waals surface area contributed by atoms with Crippen molar-refractivity contribution < 1.29 is 8.98 Å². The smallest absolute Gasteiger partial charge is 0.315 e. The maximum atomic E-state index is 10.7. The Morgan fingerprint density at radius 2 is 1.87 bits per heavy atom. The highest BCUT2D eigenvalue weighted by atomic mass is 32.2. The molecular weight excluding hydrogens is 208 g/mol. The molecule has 0 aliphatic carbocycles. The van der Waals surface area contributed by atoms with Crippen LogP contribution in [0.4, 0.5) is 0 Å². The molecule has 1 aromatic rings. The van der Waals surface area contributed by atoms with Crippen LogP contribution in [-0.4, -0.2) is 5.97 Å². The zero-order valence-corrected chi connectivity index (χ0v) is 10.4. The molecule has 2 nitrogen and oxygen atoms in total. The zero-order valence-electron chi connectivity index (χ0n) is 9.53. The topological polar surface area (TPSA) is 26.3 Å². The van der Waals surface area contributed by atoms with E-state index >= 15 is 0 Å². The largest absolute Gasteiger partial charge is 0.386 e. The first kappa shape index (κ1) is 12.1. The molecule has 0 saturated heterocycles. The summed E-state index contributed by atoms with van der Waals surface area (Å²) in [5.74, 6) is -0.274. The summed E-state index contributed by atoms with van der Waals surface area (Å²) in [5, 5.41) is 0. The van der Waals surface area contributed by atoms with Gasteiger partial charge in [0.15, 0.2) is 0 Å². The quantitative estimate of drug-likeness (QED) is 0.718. The standard InChI is InChI=1S/C12H16O2S/c1-9(13)14-15-11-8-6-5-7-10(11)12(2,3)4/h5-8H,1-4H3. The molecule has 0 atom stereocenters. The molecule has 3 heteroatoms. The van der Waals surface area contributed by atoms with Crippen molar-refractivity contribution in [2.75, 3.05) is 0 Å². The number of hydrogen-bond donors (Lipinski definition) is 0. The second-order valence-corrected chi connectivity index (χ2v) is 5.18. The fourth-order valence-electron chi connectivity index (χ4n) is 1.26. The fourth-order valence-corrected chi connectivity index (χ4v) is 2.07. The molecule has 15 heavy (non-hydrogen) atoms. The van der Waals surface area contributed by atoms with Crippen LogP contribution < -0.4 is 0 Å². The van der Waals surface area contributed by atoms with Crippen LogP contribution in [0.2, 0.25) is 0 Å². The van der Waals surface area contributed by atoms with E-state index < -0.39 is 0 Å². The zero-order chi connectivity index (χ0) is 11.5. The highest BCUT2D eigenvalue weighted by Crippen LogP contribution is 2.32. The predicted molar refractivity (Wildman–Crippen MR) is 62.8 cm³/mol. The summed E-state index contributed by atoms with van der Waals surface area (Å²) in [6.07, 6.45) is 0. The molecule has 0 unspecified atom stereocenters. The third kappa shape index (κ3) is 3.59. The van der Waals surface area contributed by atoms with Gasteiger partial charge in [0, 0.05) is 6.92 Å².